The molecule has 0 aliphatic carbocycles. The standard InChI is InChI=1S/C16H22FN3/c1-11(2)18-9-16-12(3)19-20(13(16)4)10-14-6-5-7-15(17)8-14/h5-8,11,18H,9-10H2,1-4H3. The quantitative estimate of drug-likeness (QED) is 0.908. The third-order valence-electron chi connectivity index (χ3n) is 3.44. The molecule has 2 rings (SSSR count). The summed E-state index contributed by atoms with van der Waals surface area (Å²) in [5.41, 5.74) is 4.33. The maximum atomic E-state index is 13.2. The highest BCUT2D eigenvalue weighted by Gasteiger charge is 2.12. The third kappa shape index (κ3) is 3.45. The van der Waals surface area contributed by atoms with Gasteiger partial charge in [0, 0.05) is 23.8 Å². The lowest BCUT2D eigenvalue weighted by atomic mass is 10.2. The fourth-order valence-electron chi connectivity index (χ4n) is 2.26. The Labute approximate surface area is 119 Å². The first kappa shape index (κ1) is 14.7. The molecule has 4 heteroatoms. The second kappa shape index (κ2) is 6.18. The normalized spacial score (nSPS) is 11.3. The van der Waals surface area contributed by atoms with Crippen LogP contribution in [-0.2, 0) is 13.1 Å². The van der Waals surface area contributed by atoms with E-state index >= 15 is 0 Å². The number of aromatic nitrogens is 2. The maximum Gasteiger partial charge on any atom is 0.123 e. The van der Waals surface area contributed by atoms with E-state index in [1.54, 1.807) is 12.1 Å². The van der Waals surface area contributed by atoms with Crippen LogP contribution < -0.4 is 5.32 Å². The highest BCUT2D eigenvalue weighted by Crippen LogP contribution is 2.15. The largest absolute Gasteiger partial charge is 0.310 e. The van der Waals surface area contributed by atoms with E-state index in [1.165, 1.54) is 11.6 Å². The van der Waals surface area contributed by atoms with Crippen molar-refractivity contribution < 1.29 is 4.39 Å². The topological polar surface area (TPSA) is 29.9 Å². The molecular formula is C16H22FN3. The number of benzene rings is 1. The molecule has 0 saturated carbocycles. The second-order valence-electron chi connectivity index (χ2n) is 5.47. The van der Waals surface area contributed by atoms with E-state index in [0.717, 1.165) is 23.5 Å². The van der Waals surface area contributed by atoms with Gasteiger partial charge in [0.1, 0.15) is 5.82 Å². The molecule has 20 heavy (non-hydrogen) atoms. The summed E-state index contributed by atoms with van der Waals surface area (Å²) >= 11 is 0. The average molecular weight is 275 g/mol. The van der Waals surface area contributed by atoms with Crippen LogP contribution in [0.4, 0.5) is 4.39 Å². The van der Waals surface area contributed by atoms with E-state index in [4.69, 9.17) is 0 Å². The Hall–Kier alpha value is -1.68. The third-order valence-corrected chi connectivity index (χ3v) is 3.44. The Balaban J connectivity index is 2.19. The van der Waals surface area contributed by atoms with E-state index in [1.807, 2.05) is 17.7 Å². The molecule has 0 unspecified atom stereocenters. The number of hydrogen-bond donors (Lipinski definition) is 1. The summed E-state index contributed by atoms with van der Waals surface area (Å²) in [6.07, 6.45) is 0. The molecule has 2 aromatic rings. The van der Waals surface area contributed by atoms with Crippen molar-refractivity contribution in [1.82, 2.24) is 15.1 Å². The molecule has 1 N–H and O–H groups in total. The van der Waals surface area contributed by atoms with Crippen LogP contribution in [0.1, 0.15) is 36.4 Å². The van der Waals surface area contributed by atoms with Crippen LogP contribution in [0.25, 0.3) is 0 Å². The predicted octanol–water partition coefficient (Wildman–Crippen LogP) is 3.19. The second-order valence-corrected chi connectivity index (χ2v) is 5.47. The van der Waals surface area contributed by atoms with E-state index < -0.39 is 0 Å². The fraction of sp³-hybridized carbons (Fsp3) is 0.438. The minimum Gasteiger partial charge on any atom is -0.310 e. The summed E-state index contributed by atoms with van der Waals surface area (Å²) in [5.74, 6) is -0.203. The molecule has 0 radical (unpaired) electrons. The smallest absolute Gasteiger partial charge is 0.123 e. The van der Waals surface area contributed by atoms with Gasteiger partial charge in [-0.3, -0.25) is 4.68 Å². The number of rotatable bonds is 5. The van der Waals surface area contributed by atoms with Crippen molar-refractivity contribution in [3.8, 4) is 0 Å². The fourth-order valence-corrected chi connectivity index (χ4v) is 2.26. The van der Waals surface area contributed by atoms with Gasteiger partial charge in [-0.05, 0) is 31.5 Å². The molecule has 0 amide bonds. The van der Waals surface area contributed by atoms with Gasteiger partial charge in [0.25, 0.3) is 0 Å². The number of nitrogens with zero attached hydrogens (tertiary/aromatic N) is 2. The van der Waals surface area contributed by atoms with Crippen LogP contribution in [0.3, 0.4) is 0 Å². The highest BCUT2D eigenvalue weighted by molar-refractivity contribution is 5.26. The van der Waals surface area contributed by atoms with Crippen LogP contribution in [0.2, 0.25) is 0 Å². The molecule has 0 atom stereocenters. The first-order chi connectivity index (χ1) is 9.47. The summed E-state index contributed by atoms with van der Waals surface area (Å²) < 4.78 is 15.2. The molecule has 0 aliphatic rings. The van der Waals surface area contributed by atoms with Crippen LogP contribution in [-0.4, -0.2) is 15.8 Å². The van der Waals surface area contributed by atoms with Crippen molar-refractivity contribution in [2.45, 2.75) is 46.8 Å². The Morgan fingerprint density at radius 3 is 2.70 bits per heavy atom. The molecule has 1 heterocycles. The minimum absolute atomic E-state index is 0.203. The zero-order chi connectivity index (χ0) is 14.7. The molecular weight excluding hydrogens is 253 g/mol. The molecule has 108 valence electrons. The van der Waals surface area contributed by atoms with E-state index in [9.17, 15) is 4.39 Å². The van der Waals surface area contributed by atoms with Crippen molar-refractivity contribution >= 4 is 0 Å². The number of nitrogens with one attached hydrogen (secondary N) is 1. The Bertz CT molecular complexity index is 587. The molecule has 0 aliphatic heterocycles. The van der Waals surface area contributed by atoms with Gasteiger partial charge in [-0.15, -0.1) is 0 Å². The Morgan fingerprint density at radius 1 is 1.30 bits per heavy atom. The Kier molecular flexibility index (Phi) is 4.55. The van der Waals surface area contributed by atoms with Crippen LogP contribution in [0.15, 0.2) is 24.3 Å². The molecule has 0 fully saturated rings. The first-order valence-electron chi connectivity index (χ1n) is 6.98. The van der Waals surface area contributed by atoms with Gasteiger partial charge in [0.05, 0.1) is 12.2 Å². The Morgan fingerprint density at radius 2 is 2.05 bits per heavy atom. The number of hydrogen-bond acceptors (Lipinski definition) is 2. The van der Waals surface area contributed by atoms with Crippen LogP contribution in [0.5, 0.6) is 0 Å². The molecule has 3 nitrogen and oxygen atoms in total. The molecule has 1 aromatic heterocycles. The number of halogens is 1. The maximum absolute atomic E-state index is 13.2. The highest BCUT2D eigenvalue weighted by atomic mass is 19.1. The summed E-state index contributed by atoms with van der Waals surface area (Å²) in [4.78, 5) is 0. The summed E-state index contributed by atoms with van der Waals surface area (Å²) in [5, 5.41) is 7.98. The van der Waals surface area contributed by atoms with Gasteiger partial charge in [0.15, 0.2) is 0 Å². The lowest BCUT2D eigenvalue weighted by Gasteiger charge is -2.09. The monoisotopic (exact) mass is 275 g/mol. The van der Waals surface area contributed by atoms with Gasteiger partial charge in [0.2, 0.25) is 0 Å². The SMILES string of the molecule is Cc1nn(Cc2cccc(F)c2)c(C)c1CNC(C)C. The average Bonchev–Trinajstić information content (AvgIpc) is 2.62. The van der Waals surface area contributed by atoms with E-state index in [-0.39, 0.29) is 5.82 Å². The van der Waals surface area contributed by atoms with Crippen molar-refractivity contribution in [1.29, 1.82) is 0 Å². The predicted molar refractivity (Wildman–Crippen MR) is 79.2 cm³/mol. The van der Waals surface area contributed by atoms with Gasteiger partial charge in [-0.25, -0.2) is 4.39 Å². The molecule has 0 saturated heterocycles. The van der Waals surface area contributed by atoms with Crippen molar-refractivity contribution in [2.75, 3.05) is 0 Å². The van der Waals surface area contributed by atoms with Gasteiger partial charge in [-0.2, -0.15) is 5.10 Å². The van der Waals surface area contributed by atoms with Gasteiger partial charge < -0.3 is 5.32 Å². The zero-order valence-electron chi connectivity index (χ0n) is 12.6. The minimum atomic E-state index is -0.203. The van der Waals surface area contributed by atoms with Crippen molar-refractivity contribution in [3.05, 3.63) is 52.6 Å². The van der Waals surface area contributed by atoms with Crippen LogP contribution >= 0.6 is 0 Å². The van der Waals surface area contributed by atoms with Gasteiger partial charge >= 0.3 is 0 Å². The first-order valence-corrected chi connectivity index (χ1v) is 6.98. The number of aryl methyl sites for hydroxylation is 1. The zero-order valence-corrected chi connectivity index (χ0v) is 12.6. The summed E-state index contributed by atoms with van der Waals surface area (Å²) in [6.45, 7) is 9.76. The van der Waals surface area contributed by atoms with Crippen LogP contribution in [0, 0.1) is 19.7 Å². The van der Waals surface area contributed by atoms with Crippen molar-refractivity contribution in [2.24, 2.45) is 0 Å². The molecule has 0 spiro atoms. The summed E-state index contributed by atoms with van der Waals surface area (Å²) in [7, 11) is 0. The van der Waals surface area contributed by atoms with Crippen molar-refractivity contribution in [3.63, 3.8) is 0 Å². The molecule has 1 aromatic carbocycles. The van der Waals surface area contributed by atoms with Gasteiger partial charge in [-0.1, -0.05) is 26.0 Å². The summed E-state index contributed by atoms with van der Waals surface area (Å²) in [6, 6.07) is 7.12. The lowest BCUT2D eigenvalue weighted by molar-refractivity contribution is 0.584. The molecule has 0 bridgehead atoms. The van der Waals surface area contributed by atoms with E-state index in [0.29, 0.717) is 12.6 Å². The van der Waals surface area contributed by atoms with E-state index in [2.05, 4.69) is 31.2 Å². The lowest BCUT2D eigenvalue weighted by Crippen LogP contribution is -2.22.